The lowest BCUT2D eigenvalue weighted by atomic mass is 10.5. The predicted molar refractivity (Wildman–Crippen MR) is 26.6 cm³/mol. The van der Waals surface area contributed by atoms with E-state index in [9.17, 15) is 0 Å². The fourth-order valence-electron chi connectivity index (χ4n) is 0.181. The molecule has 1 aliphatic rings. The largest absolute Gasteiger partial charge is 0.173 e. The van der Waals surface area contributed by atoms with Gasteiger partial charge in [0, 0.05) is 4.75 Å². The summed E-state index contributed by atoms with van der Waals surface area (Å²) in [5.74, 6) is 0. The molecule has 0 heterocycles. The Morgan fingerprint density at radius 3 is 1.80 bits per heavy atom. The minimum Gasteiger partial charge on any atom is -0.173 e. The molecule has 0 aromatic heterocycles. The van der Waals surface area contributed by atoms with Gasteiger partial charge in [0.1, 0.15) is 0 Å². The van der Waals surface area contributed by atoms with E-state index in [1.54, 1.807) is 0 Å². The summed E-state index contributed by atoms with van der Waals surface area (Å²) in [6.07, 6.45) is 2.63. The zero-order chi connectivity index (χ0) is 3.91. The summed E-state index contributed by atoms with van der Waals surface area (Å²) < 4.78 is 0.444. The third kappa shape index (κ3) is 0.839. The van der Waals surface area contributed by atoms with Gasteiger partial charge in [-0.05, 0) is 12.8 Å². The van der Waals surface area contributed by atoms with Crippen molar-refractivity contribution in [1.29, 1.82) is 0 Å². The zero-order valence-electron chi connectivity index (χ0n) is 3.36. The van der Waals surface area contributed by atoms with Crippen LogP contribution < -0.4 is 0 Å². The maximum Gasteiger partial charge on any atom is 0.0102 e. The Bertz CT molecular complexity index is 41.6. The number of thiol groups is 1. The molecule has 0 aromatic rings. The van der Waals surface area contributed by atoms with Gasteiger partial charge >= 0.3 is 0 Å². The van der Waals surface area contributed by atoms with Crippen molar-refractivity contribution < 1.29 is 0 Å². The first-order chi connectivity index (χ1) is 2.21. The molecule has 1 heteroatoms. The van der Waals surface area contributed by atoms with Crippen LogP contribution in [0.4, 0.5) is 0 Å². The molecule has 5 heavy (non-hydrogen) atoms. The van der Waals surface area contributed by atoms with Gasteiger partial charge in [0.25, 0.3) is 0 Å². The van der Waals surface area contributed by atoms with Crippen molar-refractivity contribution in [3.05, 3.63) is 0 Å². The normalized spacial score (nSPS) is 30.0. The lowest BCUT2D eigenvalue weighted by Crippen LogP contribution is -1.80. The highest BCUT2D eigenvalue weighted by Crippen LogP contribution is 2.40. The lowest BCUT2D eigenvalue weighted by Gasteiger charge is -1.85. The van der Waals surface area contributed by atoms with Gasteiger partial charge in [-0.1, -0.05) is 6.92 Å². The quantitative estimate of drug-likeness (QED) is 0.426. The van der Waals surface area contributed by atoms with Crippen LogP contribution in [0.2, 0.25) is 0 Å². The van der Waals surface area contributed by atoms with Gasteiger partial charge in [0.2, 0.25) is 0 Å². The molecule has 0 radical (unpaired) electrons. The molecule has 1 aliphatic carbocycles. The number of rotatable bonds is 0. The van der Waals surface area contributed by atoms with Crippen molar-refractivity contribution in [3.8, 4) is 0 Å². The summed E-state index contributed by atoms with van der Waals surface area (Å²) in [5.41, 5.74) is 0. The van der Waals surface area contributed by atoms with E-state index in [2.05, 4.69) is 19.6 Å². The lowest BCUT2D eigenvalue weighted by molar-refractivity contribution is 1.06. The van der Waals surface area contributed by atoms with Crippen molar-refractivity contribution in [1.82, 2.24) is 0 Å². The molecule has 0 aliphatic heterocycles. The van der Waals surface area contributed by atoms with Gasteiger partial charge in [-0.2, -0.15) is 12.6 Å². The van der Waals surface area contributed by atoms with Gasteiger partial charge in [-0.25, -0.2) is 0 Å². The predicted octanol–water partition coefficient (Wildman–Crippen LogP) is 1.47. The molecule has 1 fully saturated rings. The highest BCUT2D eigenvalue weighted by molar-refractivity contribution is 7.82. The molecule has 0 nitrogen and oxygen atoms in total. The standard InChI is InChI=1S/C4H8S/c1-4(5)2-3-4/h5H,2-3H2,1H3. The minimum absolute atomic E-state index is 0.444. The van der Waals surface area contributed by atoms with E-state index in [1.165, 1.54) is 12.8 Å². The Morgan fingerprint density at radius 2 is 1.80 bits per heavy atom. The summed E-state index contributed by atoms with van der Waals surface area (Å²) in [5, 5.41) is 0. The summed E-state index contributed by atoms with van der Waals surface area (Å²) in [6, 6.07) is 0. The summed E-state index contributed by atoms with van der Waals surface area (Å²) >= 11 is 4.23. The summed E-state index contributed by atoms with van der Waals surface area (Å²) in [4.78, 5) is 0. The van der Waals surface area contributed by atoms with Crippen LogP contribution in [-0.2, 0) is 0 Å². The van der Waals surface area contributed by atoms with Crippen LogP contribution in [-0.4, -0.2) is 4.75 Å². The Balaban J connectivity index is 2.38. The molecule has 0 N–H and O–H groups in total. The van der Waals surface area contributed by atoms with E-state index >= 15 is 0 Å². The summed E-state index contributed by atoms with van der Waals surface area (Å²) in [6.45, 7) is 2.16. The zero-order valence-corrected chi connectivity index (χ0v) is 4.26. The van der Waals surface area contributed by atoms with Gasteiger partial charge in [-0.15, -0.1) is 0 Å². The van der Waals surface area contributed by atoms with Crippen LogP contribution in [0.25, 0.3) is 0 Å². The third-order valence-corrected chi connectivity index (χ3v) is 1.42. The number of hydrogen-bond donors (Lipinski definition) is 1. The fraction of sp³-hybridized carbons (Fsp3) is 1.00. The maximum atomic E-state index is 4.23. The monoisotopic (exact) mass is 88.0 g/mol. The molecule has 0 atom stereocenters. The molecule has 30 valence electrons. The van der Waals surface area contributed by atoms with E-state index in [-0.39, 0.29) is 0 Å². The second kappa shape index (κ2) is 0.700. The first kappa shape index (κ1) is 3.54. The Kier molecular flexibility index (Phi) is 0.495. The van der Waals surface area contributed by atoms with Crippen molar-refractivity contribution >= 4 is 12.6 Å². The van der Waals surface area contributed by atoms with Crippen LogP contribution in [0.5, 0.6) is 0 Å². The summed E-state index contributed by atoms with van der Waals surface area (Å²) in [7, 11) is 0. The van der Waals surface area contributed by atoms with Crippen LogP contribution in [0, 0.1) is 0 Å². The topological polar surface area (TPSA) is 0 Å². The molecule has 0 spiro atoms. The molecule has 1 saturated carbocycles. The molecular weight excluding hydrogens is 80.1 g/mol. The van der Waals surface area contributed by atoms with Gasteiger partial charge in [-0.3, -0.25) is 0 Å². The molecule has 1 rings (SSSR count). The highest BCUT2D eigenvalue weighted by atomic mass is 32.1. The minimum atomic E-state index is 0.444. The smallest absolute Gasteiger partial charge is 0.0102 e. The van der Waals surface area contributed by atoms with E-state index in [0.29, 0.717) is 4.75 Å². The van der Waals surface area contributed by atoms with E-state index in [4.69, 9.17) is 0 Å². The number of hydrogen-bond acceptors (Lipinski definition) is 1. The molecule has 0 amide bonds. The van der Waals surface area contributed by atoms with E-state index in [0.717, 1.165) is 0 Å². The molecule has 0 saturated heterocycles. The van der Waals surface area contributed by atoms with Gasteiger partial charge in [0.15, 0.2) is 0 Å². The van der Waals surface area contributed by atoms with Crippen molar-refractivity contribution in [2.75, 3.05) is 0 Å². The average molecular weight is 88.2 g/mol. The maximum absolute atomic E-state index is 4.23. The highest BCUT2D eigenvalue weighted by Gasteiger charge is 2.32. The Labute approximate surface area is 38.0 Å². The van der Waals surface area contributed by atoms with Crippen LogP contribution in [0.1, 0.15) is 19.8 Å². The second-order valence-electron chi connectivity index (χ2n) is 2.00. The first-order valence-electron chi connectivity index (χ1n) is 1.93. The van der Waals surface area contributed by atoms with Gasteiger partial charge < -0.3 is 0 Å². The Hall–Kier alpha value is 0.350. The van der Waals surface area contributed by atoms with Crippen LogP contribution in [0.3, 0.4) is 0 Å². The molecular formula is C4H8S. The Morgan fingerprint density at radius 1 is 1.60 bits per heavy atom. The third-order valence-electron chi connectivity index (χ3n) is 0.974. The van der Waals surface area contributed by atoms with E-state index in [1.807, 2.05) is 0 Å². The van der Waals surface area contributed by atoms with Crippen molar-refractivity contribution in [2.45, 2.75) is 24.5 Å². The first-order valence-corrected chi connectivity index (χ1v) is 2.38. The van der Waals surface area contributed by atoms with Gasteiger partial charge in [0.05, 0.1) is 0 Å². The van der Waals surface area contributed by atoms with Crippen molar-refractivity contribution in [2.24, 2.45) is 0 Å². The van der Waals surface area contributed by atoms with E-state index < -0.39 is 0 Å². The van der Waals surface area contributed by atoms with Crippen molar-refractivity contribution in [3.63, 3.8) is 0 Å². The SMILES string of the molecule is CC1(S)CC1. The fourth-order valence-corrected chi connectivity index (χ4v) is 0.293. The molecule has 0 bridgehead atoms. The van der Waals surface area contributed by atoms with Crippen LogP contribution >= 0.6 is 12.6 Å². The van der Waals surface area contributed by atoms with Crippen LogP contribution in [0.15, 0.2) is 0 Å². The molecule has 0 unspecified atom stereocenters. The molecule has 0 aromatic carbocycles. The average Bonchev–Trinajstić information content (AvgIpc) is 1.76. The second-order valence-corrected chi connectivity index (χ2v) is 3.08.